The summed E-state index contributed by atoms with van der Waals surface area (Å²) < 4.78 is 0. The number of anilines is 4. The first-order chi connectivity index (χ1) is 16.3. The molecule has 0 aliphatic carbocycles. The van der Waals surface area contributed by atoms with Crippen LogP contribution in [0.15, 0.2) is 48.7 Å². The molecule has 0 saturated heterocycles. The van der Waals surface area contributed by atoms with E-state index in [1.54, 1.807) is 6.20 Å². The maximum atomic E-state index is 6.43. The molecule has 0 unspecified atom stereocenters. The van der Waals surface area contributed by atoms with Gasteiger partial charge in [0.1, 0.15) is 5.02 Å². The van der Waals surface area contributed by atoms with E-state index in [0.29, 0.717) is 22.8 Å². The smallest absolute Gasteiger partial charge is 0.229 e. The Morgan fingerprint density at radius 1 is 1.00 bits per heavy atom. The predicted octanol–water partition coefficient (Wildman–Crippen LogP) is 6.31. The molecule has 0 spiro atoms. The fraction of sp³-hybridized carbons (Fsp3) is 0.407. The number of hydrogen-bond acceptors (Lipinski definition) is 6. The molecule has 182 valence electrons. The van der Waals surface area contributed by atoms with Crippen molar-refractivity contribution in [3.05, 3.63) is 70.4 Å². The van der Waals surface area contributed by atoms with Crippen LogP contribution >= 0.6 is 11.6 Å². The Kier molecular flexibility index (Phi) is 9.69. The average molecular weight is 481 g/mol. The van der Waals surface area contributed by atoms with Crippen LogP contribution in [0.1, 0.15) is 43.4 Å². The molecular formula is C27H37ClN6. The molecule has 0 aliphatic rings. The fourth-order valence-electron chi connectivity index (χ4n) is 3.65. The van der Waals surface area contributed by atoms with Crippen LogP contribution in [-0.2, 0) is 13.0 Å². The molecule has 0 fully saturated rings. The highest BCUT2D eigenvalue weighted by Crippen LogP contribution is 2.28. The second-order valence-electron chi connectivity index (χ2n) is 9.24. The first-order valence-electron chi connectivity index (χ1n) is 11.9. The largest absolute Gasteiger partial charge is 0.339 e. The van der Waals surface area contributed by atoms with E-state index in [9.17, 15) is 0 Å². The van der Waals surface area contributed by atoms with Crippen LogP contribution in [0.4, 0.5) is 23.1 Å². The normalized spacial score (nSPS) is 11.3. The molecule has 7 heteroatoms. The highest BCUT2D eigenvalue weighted by molar-refractivity contribution is 6.32. The second-order valence-corrected chi connectivity index (χ2v) is 9.65. The summed E-state index contributed by atoms with van der Waals surface area (Å²) in [6.45, 7) is 8.26. The van der Waals surface area contributed by atoms with Gasteiger partial charge in [0.2, 0.25) is 5.95 Å². The number of unbranched alkanes of at least 4 members (excludes halogenated alkanes) is 1. The third kappa shape index (κ3) is 7.97. The van der Waals surface area contributed by atoms with Crippen molar-refractivity contribution >= 4 is 34.7 Å². The van der Waals surface area contributed by atoms with Gasteiger partial charge in [-0.05, 0) is 75.6 Å². The topological polar surface area (TPSA) is 65.1 Å². The van der Waals surface area contributed by atoms with E-state index < -0.39 is 0 Å². The molecule has 0 bridgehead atoms. The molecule has 3 N–H and O–H groups in total. The lowest BCUT2D eigenvalue weighted by molar-refractivity contribution is 0.394. The predicted molar refractivity (Wildman–Crippen MR) is 145 cm³/mol. The minimum atomic E-state index is 0.402. The summed E-state index contributed by atoms with van der Waals surface area (Å²) in [6, 6.07) is 15.1. The van der Waals surface area contributed by atoms with Crippen molar-refractivity contribution in [2.45, 2.75) is 52.6 Å². The standard InChI is InChI=1S/C27H37ClN6/c1-19(2)29-17-22-11-6-7-12-25(22)31-26-23(28)18-30-27(33-26)32-24-14-13-21(16-20(24)3)10-8-9-15-34(4)5/h6-7,11-14,16,18-19,29H,8-10,15,17H2,1-5H3,(H2,30,31,32,33). The Bertz CT molecular complexity index is 1070. The molecule has 0 aliphatic heterocycles. The zero-order chi connectivity index (χ0) is 24.5. The summed E-state index contributed by atoms with van der Waals surface area (Å²) in [4.78, 5) is 11.3. The van der Waals surface area contributed by atoms with Crippen LogP contribution in [0.2, 0.25) is 5.02 Å². The molecule has 0 atom stereocenters. The molecule has 34 heavy (non-hydrogen) atoms. The SMILES string of the molecule is Cc1cc(CCCCN(C)C)ccc1Nc1ncc(Cl)c(Nc2ccccc2CNC(C)C)n1. The molecule has 0 saturated carbocycles. The zero-order valence-corrected chi connectivity index (χ0v) is 21.7. The molecule has 2 aromatic carbocycles. The quantitative estimate of drug-likeness (QED) is 0.264. The van der Waals surface area contributed by atoms with Crippen LogP contribution in [-0.4, -0.2) is 41.5 Å². The number of nitrogens with zero attached hydrogens (tertiary/aromatic N) is 3. The molecule has 0 amide bonds. The van der Waals surface area contributed by atoms with Crippen LogP contribution in [0, 0.1) is 6.92 Å². The molecule has 0 radical (unpaired) electrons. The van der Waals surface area contributed by atoms with Gasteiger partial charge in [-0.3, -0.25) is 0 Å². The Labute approximate surface area is 209 Å². The van der Waals surface area contributed by atoms with Gasteiger partial charge >= 0.3 is 0 Å². The van der Waals surface area contributed by atoms with E-state index in [-0.39, 0.29) is 0 Å². The van der Waals surface area contributed by atoms with Gasteiger partial charge in [0.25, 0.3) is 0 Å². The number of hydrogen-bond donors (Lipinski definition) is 3. The molecule has 1 aromatic heterocycles. The number of aryl methyl sites for hydroxylation is 2. The Hall–Kier alpha value is -2.67. The highest BCUT2D eigenvalue weighted by Gasteiger charge is 2.10. The van der Waals surface area contributed by atoms with Crippen molar-refractivity contribution in [3.8, 4) is 0 Å². The van der Waals surface area contributed by atoms with E-state index in [4.69, 9.17) is 11.6 Å². The van der Waals surface area contributed by atoms with Gasteiger partial charge in [0.05, 0.1) is 6.20 Å². The summed E-state index contributed by atoms with van der Waals surface area (Å²) in [7, 11) is 4.24. The summed E-state index contributed by atoms with van der Waals surface area (Å²) >= 11 is 6.43. The van der Waals surface area contributed by atoms with Crippen molar-refractivity contribution in [3.63, 3.8) is 0 Å². The molecular weight excluding hydrogens is 444 g/mol. The highest BCUT2D eigenvalue weighted by atomic mass is 35.5. The number of benzene rings is 2. The lowest BCUT2D eigenvalue weighted by atomic mass is 10.0. The van der Waals surface area contributed by atoms with E-state index in [2.05, 4.69) is 90.0 Å². The van der Waals surface area contributed by atoms with Gasteiger partial charge in [-0.15, -0.1) is 0 Å². The summed E-state index contributed by atoms with van der Waals surface area (Å²) in [5.74, 6) is 1.08. The maximum Gasteiger partial charge on any atom is 0.229 e. The van der Waals surface area contributed by atoms with Crippen LogP contribution in [0.5, 0.6) is 0 Å². The van der Waals surface area contributed by atoms with Crippen LogP contribution in [0.25, 0.3) is 0 Å². The van der Waals surface area contributed by atoms with Gasteiger partial charge in [0, 0.05) is 24.0 Å². The van der Waals surface area contributed by atoms with Gasteiger partial charge in [0.15, 0.2) is 5.82 Å². The summed E-state index contributed by atoms with van der Waals surface area (Å²) in [6.07, 6.45) is 5.11. The Morgan fingerprint density at radius 2 is 1.79 bits per heavy atom. The second kappa shape index (κ2) is 12.7. The Balaban J connectivity index is 1.69. The summed E-state index contributed by atoms with van der Waals surface area (Å²) in [5.41, 5.74) is 5.64. The minimum Gasteiger partial charge on any atom is -0.339 e. The number of halogens is 1. The van der Waals surface area contributed by atoms with Crippen molar-refractivity contribution < 1.29 is 0 Å². The first-order valence-corrected chi connectivity index (χ1v) is 12.3. The summed E-state index contributed by atoms with van der Waals surface area (Å²) in [5, 5.41) is 10.7. The van der Waals surface area contributed by atoms with Gasteiger partial charge < -0.3 is 20.9 Å². The molecule has 3 rings (SSSR count). The van der Waals surface area contributed by atoms with Crippen LogP contribution < -0.4 is 16.0 Å². The number of aromatic nitrogens is 2. The first kappa shape index (κ1) is 25.9. The van der Waals surface area contributed by atoms with Crippen molar-refractivity contribution in [1.29, 1.82) is 0 Å². The third-order valence-electron chi connectivity index (χ3n) is 5.57. The molecule has 1 heterocycles. The van der Waals surface area contributed by atoms with Gasteiger partial charge in [-0.25, -0.2) is 4.98 Å². The van der Waals surface area contributed by atoms with Crippen molar-refractivity contribution in [2.75, 3.05) is 31.3 Å². The number of nitrogens with one attached hydrogen (secondary N) is 3. The van der Waals surface area contributed by atoms with Crippen molar-refractivity contribution in [1.82, 2.24) is 20.2 Å². The lowest BCUT2D eigenvalue weighted by Gasteiger charge is -2.15. The van der Waals surface area contributed by atoms with E-state index in [0.717, 1.165) is 36.4 Å². The van der Waals surface area contributed by atoms with E-state index in [1.807, 2.05) is 18.2 Å². The average Bonchev–Trinajstić information content (AvgIpc) is 2.80. The van der Waals surface area contributed by atoms with Crippen LogP contribution in [0.3, 0.4) is 0 Å². The van der Waals surface area contributed by atoms with Gasteiger partial charge in [-0.2, -0.15) is 4.98 Å². The zero-order valence-electron chi connectivity index (χ0n) is 21.0. The molecule has 6 nitrogen and oxygen atoms in total. The lowest BCUT2D eigenvalue weighted by Crippen LogP contribution is -2.22. The fourth-order valence-corrected chi connectivity index (χ4v) is 3.79. The van der Waals surface area contributed by atoms with E-state index >= 15 is 0 Å². The maximum absolute atomic E-state index is 6.43. The van der Waals surface area contributed by atoms with Gasteiger partial charge in [-0.1, -0.05) is 55.8 Å². The molecule has 3 aromatic rings. The number of para-hydroxylation sites is 1. The van der Waals surface area contributed by atoms with Crippen molar-refractivity contribution in [2.24, 2.45) is 0 Å². The minimum absolute atomic E-state index is 0.402. The monoisotopic (exact) mass is 480 g/mol. The van der Waals surface area contributed by atoms with E-state index in [1.165, 1.54) is 24.0 Å². The Morgan fingerprint density at radius 3 is 2.53 bits per heavy atom. The third-order valence-corrected chi connectivity index (χ3v) is 5.85. The number of rotatable bonds is 12.